The van der Waals surface area contributed by atoms with E-state index in [4.69, 9.17) is 0 Å². The lowest BCUT2D eigenvalue weighted by Gasteiger charge is -2.23. The highest BCUT2D eigenvalue weighted by atomic mass is 14.9. The van der Waals surface area contributed by atoms with E-state index >= 15 is 0 Å². The molecule has 0 bridgehead atoms. The van der Waals surface area contributed by atoms with E-state index in [1.54, 1.807) is 0 Å². The third-order valence-electron chi connectivity index (χ3n) is 2.21. The van der Waals surface area contributed by atoms with E-state index in [0.717, 1.165) is 5.92 Å². The van der Waals surface area contributed by atoms with Gasteiger partial charge in [-0.05, 0) is 38.4 Å². The molecule has 0 radical (unpaired) electrons. The van der Waals surface area contributed by atoms with Gasteiger partial charge < -0.3 is 10.6 Å². The van der Waals surface area contributed by atoms with E-state index in [9.17, 15) is 0 Å². The van der Waals surface area contributed by atoms with Crippen LogP contribution in [-0.4, -0.2) is 25.7 Å². The third-order valence-corrected chi connectivity index (χ3v) is 2.21. The molecule has 70 valence electrons. The van der Waals surface area contributed by atoms with Gasteiger partial charge in [-0.25, -0.2) is 0 Å². The van der Waals surface area contributed by atoms with Crippen LogP contribution in [0.4, 0.5) is 0 Å². The van der Waals surface area contributed by atoms with Crippen LogP contribution in [0.2, 0.25) is 0 Å². The highest BCUT2D eigenvalue weighted by Gasteiger charge is 2.11. The average Bonchev–Trinajstić information content (AvgIpc) is 2.03. The topological polar surface area (TPSA) is 24.1 Å². The Morgan fingerprint density at radius 1 is 1.64 bits per heavy atom. The molecule has 11 heavy (non-hydrogen) atoms. The first-order chi connectivity index (χ1) is 5.29. The molecule has 1 aliphatic heterocycles. The highest BCUT2D eigenvalue weighted by Crippen LogP contribution is 2.08. The van der Waals surface area contributed by atoms with E-state index in [2.05, 4.69) is 24.5 Å². The van der Waals surface area contributed by atoms with Crippen LogP contribution in [-0.2, 0) is 0 Å². The van der Waals surface area contributed by atoms with E-state index in [-0.39, 0.29) is 2.85 Å². The number of hydrogen-bond donors (Lipinski definition) is 2. The summed E-state index contributed by atoms with van der Waals surface area (Å²) in [6.45, 7) is 8.02. The Hall–Kier alpha value is -0.0800. The summed E-state index contributed by atoms with van der Waals surface area (Å²) in [5.41, 5.74) is 0. The summed E-state index contributed by atoms with van der Waals surface area (Å²) in [7, 11) is 0. The predicted octanol–water partition coefficient (Wildman–Crippen LogP) is 1.48. The Kier molecular flexibility index (Phi) is 3.87. The molecule has 1 fully saturated rings. The summed E-state index contributed by atoms with van der Waals surface area (Å²) in [6.07, 6.45) is 2.75. The van der Waals surface area contributed by atoms with Crippen LogP contribution in [0.15, 0.2) is 0 Å². The second-order valence-corrected chi connectivity index (χ2v) is 3.78. The van der Waals surface area contributed by atoms with Crippen molar-refractivity contribution in [2.45, 2.75) is 32.7 Å². The summed E-state index contributed by atoms with van der Waals surface area (Å²) >= 11 is 0. The maximum atomic E-state index is 3.48. The van der Waals surface area contributed by atoms with Crippen LogP contribution < -0.4 is 10.6 Å². The zero-order valence-electron chi connectivity index (χ0n) is 7.69. The van der Waals surface area contributed by atoms with Gasteiger partial charge in [0.15, 0.2) is 0 Å². The van der Waals surface area contributed by atoms with Crippen LogP contribution >= 0.6 is 0 Å². The Balaban J connectivity index is 0. The molecule has 0 saturated carbocycles. The fourth-order valence-corrected chi connectivity index (χ4v) is 1.50. The van der Waals surface area contributed by atoms with Crippen molar-refractivity contribution >= 4 is 0 Å². The second-order valence-electron chi connectivity index (χ2n) is 3.78. The first kappa shape index (κ1) is 9.01. The van der Waals surface area contributed by atoms with E-state index in [1.165, 1.54) is 32.5 Å². The molecule has 2 N–H and O–H groups in total. The minimum atomic E-state index is 0. The summed E-state index contributed by atoms with van der Waals surface area (Å²) < 4.78 is 0. The molecule has 1 unspecified atom stereocenters. The van der Waals surface area contributed by atoms with E-state index in [1.807, 2.05) is 0 Å². The largest absolute Gasteiger partial charge is 0.316 e. The molecule has 0 aromatic carbocycles. The van der Waals surface area contributed by atoms with Crippen LogP contribution in [0.3, 0.4) is 0 Å². The molecule has 0 aromatic rings. The maximum Gasteiger partial charge on any atom is 0.00105 e. The van der Waals surface area contributed by atoms with Gasteiger partial charge in [-0.15, -0.1) is 0 Å². The van der Waals surface area contributed by atoms with Crippen molar-refractivity contribution < 1.29 is 2.85 Å². The van der Waals surface area contributed by atoms with Gasteiger partial charge in [0.25, 0.3) is 0 Å². The predicted molar refractivity (Wildman–Crippen MR) is 53.0 cm³/mol. The summed E-state index contributed by atoms with van der Waals surface area (Å²) in [6, 6.07) is 0.636. The van der Waals surface area contributed by atoms with Crippen LogP contribution in [0.5, 0.6) is 0 Å². The van der Waals surface area contributed by atoms with Crippen LogP contribution in [0.25, 0.3) is 0 Å². The van der Waals surface area contributed by atoms with Crippen molar-refractivity contribution in [1.82, 2.24) is 10.6 Å². The Labute approximate surface area is 72.7 Å². The fourth-order valence-electron chi connectivity index (χ4n) is 1.50. The maximum absolute atomic E-state index is 3.48. The Morgan fingerprint density at radius 2 is 2.45 bits per heavy atom. The van der Waals surface area contributed by atoms with Gasteiger partial charge >= 0.3 is 0 Å². The number of nitrogens with one attached hydrogen (secondary N) is 2. The van der Waals surface area contributed by atoms with Crippen molar-refractivity contribution in [3.05, 3.63) is 0 Å². The van der Waals surface area contributed by atoms with Gasteiger partial charge in [0.2, 0.25) is 0 Å². The molecular weight excluding hydrogens is 136 g/mol. The normalized spacial score (nSPS) is 25.9. The lowest BCUT2D eigenvalue weighted by molar-refractivity contribution is 0.351. The summed E-state index contributed by atoms with van der Waals surface area (Å²) in [5, 5.41) is 6.89. The number of hydrogen-bond acceptors (Lipinski definition) is 2. The van der Waals surface area contributed by atoms with Gasteiger partial charge in [-0.3, -0.25) is 0 Å². The highest BCUT2D eigenvalue weighted by molar-refractivity contribution is 4.71. The van der Waals surface area contributed by atoms with Crippen molar-refractivity contribution in [1.29, 1.82) is 0 Å². The Bertz CT molecular complexity index is 104. The van der Waals surface area contributed by atoms with Gasteiger partial charge in [-0.2, -0.15) is 0 Å². The SMILES string of the molecule is CC(C)NCC1CCCNC1.[HH].[HH]. The number of rotatable bonds is 3. The molecule has 1 atom stereocenters. The third kappa shape index (κ3) is 3.73. The van der Waals surface area contributed by atoms with Crippen LogP contribution in [0.1, 0.15) is 29.5 Å². The minimum Gasteiger partial charge on any atom is -0.316 e. The molecule has 1 heterocycles. The molecule has 1 rings (SSSR count). The van der Waals surface area contributed by atoms with Gasteiger partial charge in [-0.1, -0.05) is 13.8 Å². The first-order valence-electron chi connectivity index (χ1n) is 4.73. The number of piperidine rings is 1. The quantitative estimate of drug-likeness (QED) is 0.653. The molecular formula is C9H24N2. The zero-order valence-corrected chi connectivity index (χ0v) is 7.69. The van der Waals surface area contributed by atoms with Crippen molar-refractivity contribution in [2.75, 3.05) is 19.6 Å². The molecule has 0 amide bonds. The van der Waals surface area contributed by atoms with Crippen LogP contribution in [0, 0.1) is 5.92 Å². The molecule has 1 aliphatic rings. The van der Waals surface area contributed by atoms with Gasteiger partial charge in [0, 0.05) is 8.90 Å². The molecule has 0 aliphatic carbocycles. The Morgan fingerprint density at radius 3 is 3.00 bits per heavy atom. The van der Waals surface area contributed by atoms with Crippen molar-refractivity contribution in [2.24, 2.45) is 5.92 Å². The molecule has 2 nitrogen and oxygen atoms in total. The second kappa shape index (κ2) is 4.73. The van der Waals surface area contributed by atoms with E-state index in [0.29, 0.717) is 6.04 Å². The zero-order chi connectivity index (χ0) is 8.10. The fraction of sp³-hybridized carbons (Fsp3) is 1.00. The van der Waals surface area contributed by atoms with Crippen molar-refractivity contribution in [3.63, 3.8) is 0 Å². The molecule has 0 spiro atoms. The van der Waals surface area contributed by atoms with Gasteiger partial charge in [0.05, 0.1) is 0 Å². The lowest BCUT2D eigenvalue weighted by atomic mass is 9.99. The minimum absolute atomic E-state index is 0. The first-order valence-corrected chi connectivity index (χ1v) is 4.73. The summed E-state index contributed by atoms with van der Waals surface area (Å²) in [4.78, 5) is 0. The van der Waals surface area contributed by atoms with E-state index < -0.39 is 0 Å². The van der Waals surface area contributed by atoms with Gasteiger partial charge in [0.1, 0.15) is 0 Å². The average molecular weight is 160 g/mol. The van der Waals surface area contributed by atoms with Crippen molar-refractivity contribution in [3.8, 4) is 0 Å². The molecule has 0 aromatic heterocycles. The lowest BCUT2D eigenvalue weighted by Crippen LogP contribution is -2.38. The smallest absolute Gasteiger partial charge is 0.00105 e. The molecule has 1 saturated heterocycles. The monoisotopic (exact) mass is 160 g/mol. The molecule has 2 heteroatoms. The summed E-state index contributed by atoms with van der Waals surface area (Å²) in [5.74, 6) is 0.867. The standard InChI is InChI=1S/C9H20N2.2H2/c1-8(2)11-7-9-4-3-5-10-6-9;;/h8-11H,3-7H2,1-2H3;2*1H.